The van der Waals surface area contributed by atoms with Crippen LogP contribution in [0.3, 0.4) is 0 Å². The van der Waals surface area contributed by atoms with Crippen molar-refractivity contribution in [1.29, 1.82) is 0 Å². The van der Waals surface area contributed by atoms with Crippen molar-refractivity contribution in [3.63, 3.8) is 0 Å². The summed E-state index contributed by atoms with van der Waals surface area (Å²) >= 11 is 5.45. The van der Waals surface area contributed by atoms with Crippen LogP contribution < -0.4 is 5.32 Å². The van der Waals surface area contributed by atoms with Gasteiger partial charge in [-0.05, 0) is 0 Å². The molecule has 1 N–H and O–H groups in total. The molecule has 2 heteroatoms. The fourth-order valence-electron chi connectivity index (χ4n) is 0.385. The van der Waals surface area contributed by atoms with Gasteiger partial charge in [-0.15, -0.1) is 12.3 Å². The van der Waals surface area contributed by atoms with Crippen molar-refractivity contribution < 1.29 is 0 Å². The van der Waals surface area contributed by atoms with E-state index < -0.39 is 0 Å². The molecular weight excluding hydrogens is 134 g/mol. The van der Waals surface area contributed by atoms with E-state index in [2.05, 4.69) is 17.8 Å². The van der Waals surface area contributed by atoms with Gasteiger partial charge in [0.25, 0.3) is 0 Å². The summed E-state index contributed by atoms with van der Waals surface area (Å²) in [5.41, 5.74) is 0. The number of rotatable bonds is 4. The standard InChI is InChI=1S/C7H10ClN/c1-3-4-5-9-6-7(2)8/h1,9H,2,4-6H2. The zero-order valence-corrected chi connectivity index (χ0v) is 6.04. The predicted molar refractivity (Wildman–Crippen MR) is 41.3 cm³/mol. The van der Waals surface area contributed by atoms with Gasteiger partial charge in [-0.3, -0.25) is 0 Å². The number of nitrogens with one attached hydrogen (secondary N) is 1. The van der Waals surface area contributed by atoms with Gasteiger partial charge in [0.1, 0.15) is 0 Å². The van der Waals surface area contributed by atoms with Crippen molar-refractivity contribution >= 4 is 11.6 Å². The van der Waals surface area contributed by atoms with E-state index in [1.807, 2.05) is 0 Å². The second kappa shape index (κ2) is 5.68. The molecule has 0 saturated heterocycles. The smallest absolute Gasteiger partial charge is 0.0307 e. The van der Waals surface area contributed by atoms with Gasteiger partial charge >= 0.3 is 0 Å². The van der Waals surface area contributed by atoms with E-state index >= 15 is 0 Å². The first-order valence-electron chi connectivity index (χ1n) is 2.75. The highest BCUT2D eigenvalue weighted by molar-refractivity contribution is 6.29. The van der Waals surface area contributed by atoms with Gasteiger partial charge in [0.2, 0.25) is 0 Å². The van der Waals surface area contributed by atoms with Crippen LogP contribution in [0.15, 0.2) is 11.6 Å². The molecule has 0 amide bonds. The summed E-state index contributed by atoms with van der Waals surface area (Å²) < 4.78 is 0. The lowest BCUT2D eigenvalue weighted by atomic mass is 10.4. The molecular formula is C7H10ClN. The summed E-state index contributed by atoms with van der Waals surface area (Å²) in [6.07, 6.45) is 5.74. The van der Waals surface area contributed by atoms with Crippen LogP contribution in [0.5, 0.6) is 0 Å². The van der Waals surface area contributed by atoms with E-state index in [1.54, 1.807) is 0 Å². The van der Waals surface area contributed by atoms with Crippen molar-refractivity contribution in [1.82, 2.24) is 5.32 Å². The maximum atomic E-state index is 5.45. The Morgan fingerprint density at radius 3 is 2.89 bits per heavy atom. The Morgan fingerprint density at radius 2 is 2.44 bits per heavy atom. The second-order valence-electron chi connectivity index (χ2n) is 1.65. The molecule has 0 aromatic rings. The molecule has 0 fully saturated rings. The molecule has 0 radical (unpaired) electrons. The Balaban J connectivity index is 2.94. The quantitative estimate of drug-likeness (QED) is 0.463. The number of hydrogen-bond acceptors (Lipinski definition) is 1. The van der Waals surface area contributed by atoms with E-state index in [0.29, 0.717) is 11.6 Å². The van der Waals surface area contributed by atoms with Crippen LogP contribution in [0.2, 0.25) is 0 Å². The molecule has 0 rings (SSSR count). The lowest BCUT2D eigenvalue weighted by Gasteiger charge is -1.97. The van der Waals surface area contributed by atoms with E-state index in [9.17, 15) is 0 Å². The van der Waals surface area contributed by atoms with Gasteiger partial charge in [-0.25, -0.2) is 0 Å². The molecule has 1 nitrogen and oxygen atoms in total. The third-order valence-electron chi connectivity index (χ3n) is 0.763. The normalized spacial score (nSPS) is 8.44. The van der Waals surface area contributed by atoms with Crippen LogP contribution in [0.4, 0.5) is 0 Å². The minimum absolute atomic E-state index is 0.618. The molecule has 0 atom stereocenters. The Hall–Kier alpha value is -0.450. The molecule has 0 aromatic heterocycles. The van der Waals surface area contributed by atoms with Gasteiger partial charge in [0.15, 0.2) is 0 Å². The SMILES string of the molecule is C#CCCNCC(=C)Cl. The zero-order chi connectivity index (χ0) is 7.11. The van der Waals surface area contributed by atoms with Crippen LogP contribution >= 0.6 is 11.6 Å². The van der Waals surface area contributed by atoms with Crippen LogP contribution in [-0.2, 0) is 0 Å². The molecule has 0 saturated carbocycles. The van der Waals surface area contributed by atoms with E-state index in [0.717, 1.165) is 13.0 Å². The molecule has 9 heavy (non-hydrogen) atoms. The predicted octanol–water partition coefficient (Wildman–Crippen LogP) is 1.35. The van der Waals surface area contributed by atoms with Gasteiger partial charge in [0.05, 0.1) is 0 Å². The average molecular weight is 144 g/mol. The average Bonchev–Trinajstić information content (AvgIpc) is 1.80. The minimum Gasteiger partial charge on any atom is -0.311 e. The van der Waals surface area contributed by atoms with Crippen molar-refractivity contribution in [2.75, 3.05) is 13.1 Å². The fraction of sp³-hybridized carbons (Fsp3) is 0.429. The van der Waals surface area contributed by atoms with Crippen molar-refractivity contribution in [3.05, 3.63) is 11.6 Å². The largest absolute Gasteiger partial charge is 0.311 e. The molecule has 0 aliphatic rings. The Kier molecular flexibility index (Phi) is 5.40. The van der Waals surface area contributed by atoms with Crippen LogP contribution in [0.1, 0.15) is 6.42 Å². The summed E-state index contributed by atoms with van der Waals surface area (Å²) in [6, 6.07) is 0. The van der Waals surface area contributed by atoms with Crippen molar-refractivity contribution in [2.45, 2.75) is 6.42 Å². The van der Waals surface area contributed by atoms with Gasteiger partial charge in [-0.2, -0.15) is 0 Å². The van der Waals surface area contributed by atoms with Crippen LogP contribution in [0.25, 0.3) is 0 Å². The summed E-state index contributed by atoms with van der Waals surface area (Å²) in [7, 11) is 0. The zero-order valence-electron chi connectivity index (χ0n) is 5.28. The van der Waals surface area contributed by atoms with Crippen LogP contribution in [-0.4, -0.2) is 13.1 Å². The number of terminal acetylenes is 1. The van der Waals surface area contributed by atoms with E-state index in [-0.39, 0.29) is 0 Å². The highest BCUT2D eigenvalue weighted by Crippen LogP contribution is 1.91. The van der Waals surface area contributed by atoms with E-state index in [1.165, 1.54) is 0 Å². The summed E-state index contributed by atoms with van der Waals surface area (Å²) in [6.45, 7) is 4.95. The molecule has 0 heterocycles. The highest BCUT2D eigenvalue weighted by Gasteiger charge is 1.84. The third kappa shape index (κ3) is 7.55. The summed E-state index contributed by atoms with van der Waals surface area (Å²) in [5.74, 6) is 2.51. The molecule has 0 aliphatic heterocycles. The Bertz CT molecular complexity index is 123. The summed E-state index contributed by atoms with van der Waals surface area (Å²) in [5, 5.41) is 3.63. The van der Waals surface area contributed by atoms with Gasteiger partial charge in [-0.1, -0.05) is 18.2 Å². The molecule has 50 valence electrons. The highest BCUT2D eigenvalue weighted by atomic mass is 35.5. The van der Waals surface area contributed by atoms with Gasteiger partial charge in [0, 0.05) is 24.5 Å². The van der Waals surface area contributed by atoms with Crippen LogP contribution in [0, 0.1) is 12.3 Å². The van der Waals surface area contributed by atoms with Crippen molar-refractivity contribution in [3.8, 4) is 12.3 Å². The monoisotopic (exact) mass is 143 g/mol. The molecule has 0 aliphatic carbocycles. The molecule has 0 spiro atoms. The summed E-state index contributed by atoms with van der Waals surface area (Å²) in [4.78, 5) is 0. The maximum absolute atomic E-state index is 5.45. The number of hydrogen-bond donors (Lipinski definition) is 1. The third-order valence-corrected chi connectivity index (χ3v) is 0.897. The Labute approximate surface area is 61.1 Å². The maximum Gasteiger partial charge on any atom is 0.0307 e. The van der Waals surface area contributed by atoms with Crippen molar-refractivity contribution in [2.24, 2.45) is 0 Å². The first-order valence-corrected chi connectivity index (χ1v) is 3.12. The minimum atomic E-state index is 0.618. The number of halogens is 1. The first kappa shape index (κ1) is 8.55. The molecule has 0 aromatic carbocycles. The van der Waals surface area contributed by atoms with Gasteiger partial charge < -0.3 is 5.32 Å². The lowest BCUT2D eigenvalue weighted by Crippen LogP contribution is -2.15. The lowest BCUT2D eigenvalue weighted by molar-refractivity contribution is 0.760. The molecule has 0 unspecified atom stereocenters. The second-order valence-corrected chi connectivity index (χ2v) is 2.18. The molecule has 0 bridgehead atoms. The van der Waals surface area contributed by atoms with E-state index in [4.69, 9.17) is 18.0 Å². The Morgan fingerprint density at radius 1 is 1.78 bits per heavy atom. The fourth-order valence-corrected chi connectivity index (χ4v) is 0.479. The topological polar surface area (TPSA) is 12.0 Å². The first-order chi connectivity index (χ1) is 4.27.